The quantitative estimate of drug-likeness (QED) is 0.838. The van der Waals surface area contributed by atoms with E-state index >= 15 is 0 Å². The Labute approximate surface area is 131 Å². The van der Waals surface area contributed by atoms with Gasteiger partial charge >= 0.3 is 0 Å². The Hall–Kier alpha value is -1.59. The lowest BCUT2D eigenvalue weighted by Crippen LogP contribution is -2.09. The van der Waals surface area contributed by atoms with E-state index in [2.05, 4.69) is 15.9 Å². The van der Waals surface area contributed by atoms with E-state index in [0.29, 0.717) is 22.2 Å². The number of thiocarbonyl (C=S) groups is 1. The second-order valence-corrected chi connectivity index (χ2v) is 5.56. The van der Waals surface area contributed by atoms with Crippen molar-refractivity contribution < 1.29 is 9.47 Å². The van der Waals surface area contributed by atoms with E-state index in [9.17, 15) is 0 Å². The summed E-state index contributed by atoms with van der Waals surface area (Å²) in [6.45, 7) is 2.00. The average molecular weight is 352 g/mol. The van der Waals surface area contributed by atoms with Crippen LogP contribution in [0.5, 0.6) is 17.2 Å². The molecular weight excluding hydrogens is 338 g/mol. The molecule has 5 heteroatoms. The first-order valence-corrected chi connectivity index (χ1v) is 7.13. The van der Waals surface area contributed by atoms with Crippen molar-refractivity contribution in [2.45, 2.75) is 6.92 Å². The Bertz CT molecular complexity index is 658. The normalized spacial score (nSPS) is 10.2. The molecule has 0 aliphatic carbocycles. The third kappa shape index (κ3) is 3.29. The van der Waals surface area contributed by atoms with Gasteiger partial charge in [0.1, 0.15) is 10.7 Å². The van der Waals surface area contributed by atoms with E-state index in [1.165, 1.54) is 0 Å². The Morgan fingerprint density at radius 2 is 1.80 bits per heavy atom. The first-order chi connectivity index (χ1) is 9.51. The maximum absolute atomic E-state index is 5.86. The summed E-state index contributed by atoms with van der Waals surface area (Å²) in [6, 6.07) is 11.2. The molecule has 0 bridgehead atoms. The molecule has 0 atom stereocenters. The average Bonchev–Trinajstić information content (AvgIpc) is 2.42. The van der Waals surface area contributed by atoms with Crippen molar-refractivity contribution in [2.24, 2.45) is 5.73 Å². The summed E-state index contributed by atoms with van der Waals surface area (Å²) in [7, 11) is 1.62. The monoisotopic (exact) mass is 351 g/mol. The lowest BCUT2D eigenvalue weighted by Gasteiger charge is -2.12. The molecule has 3 nitrogen and oxygen atoms in total. The van der Waals surface area contributed by atoms with E-state index in [-0.39, 0.29) is 0 Å². The molecule has 2 aromatic carbocycles. The van der Waals surface area contributed by atoms with Crippen LogP contribution in [-0.2, 0) is 0 Å². The highest BCUT2D eigenvalue weighted by molar-refractivity contribution is 9.10. The van der Waals surface area contributed by atoms with E-state index < -0.39 is 0 Å². The van der Waals surface area contributed by atoms with Gasteiger partial charge in [0, 0.05) is 5.56 Å². The van der Waals surface area contributed by atoms with Crippen LogP contribution in [0.25, 0.3) is 0 Å². The highest BCUT2D eigenvalue weighted by Crippen LogP contribution is 2.36. The van der Waals surface area contributed by atoms with Crippen LogP contribution >= 0.6 is 28.1 Å². The molecule has 2 rings (SSSR count). The zero-order chi connectivity index (χ0) is 14.7. The van der Waals surface area contributed by atoms with Crippen molar-refractivity contribution in [3.05, 3.63) is 52.0 Å². The predicted octanol–water partition coefficient (Wildman–Crippen LogP) is 4.19. The second kappa shape index (κ2) is 6.24. The molecule has 2 N–H and O–H groups in total. The van der Waals surface area contributed by atoms with Crippen LogP contribution in [0.4, 0.5) is 0 Å². The molecule has 0 saturated heterocycles. The molecule has 0 heterocycles. The van der Waals surface area contributed by atoms with Gasteiger partial charge in [0.15, 0.2) is 11.5 Å². The SMILES string of the molecule is COc1cc(C)ccc1Oc1ccc(C(N)=S)cc1Br. The summed E-state index contributed by atoms with van der Waals surface area (Å²) in [5.41, 5.74) is 7.49. The van der Waals surface area contributed by atoms with Crippen molar-refractivity contribution in [3.8, 4) is 17.2 Å². The zero-order valence-corrected chi connectivity index (χ0v) is 13.5. The van der Waals surface area contributed by atoms with E-state index in [0.717, 1.165) is 15.6 Å². The number of benzene rings is 2. The minimum atomic E-state index is 0.352. The number of ether oxygens (including phenoxy) is 2. The molecule has 0 aliphatic heterocycles. The van der Waals surface area contributed by atoms with E-state index in [1.54, 1.807) is 7.11 Å². The molecule has 0 amide bonds. The van der Waals surface area contributed by atoms with Gasteiger partial charge in [-0.1, -0.05) is 18.3 Å². The Kier molecular flexibility index (Phi) is 4.62. The van der Waals surface area contributed by atoms with Crippen LogP contribution in [0.1, 0.15) is 11.1 Å². The standard InChI is InChI=1S/C15H14BrNO2S/c1-9-3-5-13(14(7-9)18-2)19-12-6-4-10(15(17)20)8-11(12)16/h3-8H,1-2H3,(H2,17,20). The van der Waals surface area contributed by atoms with Crippen molar-refractivity contribution in [3.63, 3.8) is 0 Å². The summed E-state index contributed by atoms with van der Waals surface area (Å²) in [5, 5.41) is 0. The van der Waals surface area contributed by atoms with Gasteiger partial charge in [-0.2, -0.15) is 0 Å². The van der Waals surface area contributed by atoms with Crippen molar-refractivity contribution in [2.75, 3.05) is 7.11 Å². The van der Waals surface area contributed by atoms with Crippen molar-refractivity contribution >= 4 is 33.1 Å². The Morgan fingerprint density at radius 1 is 1.10 bits per heavy atom. The fourth-order valence-electron chi connectivity index (χ4n) is 1.71. The number of rotatable bonds is 4. The van der Waals surface area contributed by atoms with Gasteiger partial charge in [-0.05, 0) is 58.7 Å². The molecule has 0 aromatic heterocycles. The van der Waals surface area contributed by atoms with Crippen LogP contribution in [0, 0.1) is 6.92 Å². The first kappa shape index (κ1) is 14.8. The summed E-state index contributed by atoms with van der Waals surface area (Å²) in [6.07, 6.45) is 0. The molecule has 0 fully saturated rings. The largest absolute Gasteiger partial charge is 0.493 e. The number of hydrogen-bond donors (Lipinski definition) is 1. The van der Waals surface area contributed by atoms with Crippen LogP contribution in [0.2, 0.25) is 0 Å². The maximum atomic E-state index is 5.86. The minimum absolute atomic E-state index is 0.352. The topological polar surface area (TPSA) is 44.5 Å². The van der Waals surface area contributed by atoms with Gasteiger partial charge in [-0.25, -0.2) is 0 Å². The Balaban J connectivity index is 2.33. The van der Waals surface area contributed by atoms with Gasteiger partial charge in [-0.3, -0.25) is 0 Å². The van der Waals surface area contributed by atoms with E-state index in [4.69, 9.17) is 27.4 Å². The predicted molar refractivity (Wildman–Crippen MR) is 87.8 cm³/mol. The number of nitrogens with two attached hydrogens (primary N) is 1. The third-order valence-corrected chi connectivity index (χ3v) is 3.61. The van der Waals surface area contributed by atoms with E-state index in [1.807, 2.05) is 43.3 Å². The smallest absolute Gasteiger partial charge is 0.169 e. The van der Waals surface area contributed by atoms with Crippen LogP contribution < -0.4 is 15.2 Å². The van der Waals surface area contributed by atoms with Crippen LogP contribution in [0.3, 0.4) is 0 Å². The fraction of sp³-hybridized carbons (Fsp3) is 0.133. The van der Waals surface area contributed by atoms with Gasteiger partial charge < -0.3 is 15.2 Å². The first-order valence-electron chi connectivity index (χ1n) is 5.93. The van der Waals surface area contributed by atoms with Gasteiger partial charge in [0.25, 0.3) is 0 Å². The zero-order valence-electron chi connectivity index (χ0n) is 11.1. The number of methoxy groups -OCH3 is 1. The maximum Gasteiger partial charge on any atom is 0.169 e. The van der Waals surface area contributed by atoms with Crippen LogP contribution in [-0.4, -0.2) is 12.1 Å². The fourth-order valence-corrected chi connectivity index (χ4v) is 2.30. The molecule has 0 saturated carbocycles. The number of halogens is 1. The summed E-state index contributed by atoms with van der Waals surface area (Å²) < 4.78 is 12.0. The summed E-state index contributed by atoms with van der Waals surface area (Å²) in [4.78, 5) is 0.352. The van der Waals surface area contributed by atoms with Gasteiger partial charge in [-0.15, -0.1) is 0 Å². The highest BCUT2D eigenvalue weighted by Gasteiger charge is 2.09. The van der Waals surface area contributed by atoms with Gasteiger partial charge in [0.05, 0.1) is 11.6 Å². The second-order valence-electron chi connectivity index (χ2n) is 4.27. The lowest BCUT2D eigenvalue weighted by atomic mass is 10.2. The minimum Gasteiger partial charge on any atom is -0.493 e. The molecular formula is C15H14BrNO2S. The molecule has 0 unspecified atom stereocenters. The summed E-state index contributed by atoms with van der Waals surface area (Å²) >= 11 is 8.40. The molecule has 20 heavy (non-hydrogen) atoms. The molecule has 2 aromatic rings. The number of aryl methyl sites for hydroxylation is 1. The third-order valence-electron chi connectivity index (χ3n) is 2.76. The van der Waals surface area contributed by atoms with Crippen molar-refractivity contribution in [1.82, 2.24) is 0 Å². The summed E-state index contributed by atoms with van der Waals surface area (Å²) in [5.74, 6) is 2.02. The van der Waals surface area contributed by atoms with Gasteiger partial charge in [0.2, 0.25) is 0 Å². The van der Waals surface area contributed by atoms with Crippen molar-refractivity contribution in [1.29, 1.82) is 0 Å². The lowest BCUT2D eigenvalue weighted by molar-refractivity contribution is 0.378. The molecule has 0 aliphatic rings. The van der Waals surface area contributed by atoms with Crippen LogP contribution in [0.15, 0.2) is 40.9 Å². The molecule has 0 radical (unpaired) electrons. The highest BCUT2D eigenvalue weighted by atomic mass is 79.9. The number of hydrogen-bond acceptors (Lipinski definition) is 3. The molecule has 104 valence electrons. The Morgan fingerprint density at radius 3 is 2.40 bits per heavy atom. The molecule has 0 spiro atoms.